The molecule has 0 unspecified atom stereocenters. The lowest BCUT2D eigenvalue weighted by atomic mass is 10.4. The number of hydrogen-bond acceptors (Lipinski definition) is 12. The van der Waals surface area contributed by atoms with Crippen LogP contribution in [-0.2, 0) is 49.4 Å². The molecule has 12 nitrogen and oxygen atoms in total. The van der Waals surface area contributed by atoms with E-state index < -0.39 is 111 Å². The van der Waals surface area contributed by atoms with E-state index in [1.165, 1.54) is 19.3 Å². The van der Waals surface area contributed by atoms with E-state index in [1.54, 1.807) is 0 Å². The van der Waals surface area contributed by atoms with Gasteiger partial charge in [-0.15, -0.1) is 0 Å². The Morgan fingerprint density at radius 2 is 0.417 bits per heavy atom. The second-order valence-corrected chi connectivity index (χ2v) is 71.8. The van der Waals surface area contributed by atoms with E-state index in [0.29, 0.717) is 0 Å². The Balaban J connectivity index is 5.61. The first-order valence-corrected chi connectivity index (χ1v) is 60.4. The normalized spacial score (nSPS) is 15.6. The van der Waals surface area contributed by atoms with Gasteiger partial charge in [-0.1, -0.05) is 42.1 Å². The van der Waals surface area contributed by atoms with Crippen LogP contribution in [0.15, 0.2) is 0 Å². The van der Waals surface area contributed by atoms with Gasteiger partial charge in [0.15, 0.2) is 16.6 Å². The molecule has 0 rings (SSSR count). The predicted molar refractivity (Wildman–Crippen MR) is 288 cm³/mol. The van der Waals surface area contributed by atoms with Gasteiger partial charge in [0, 0.05) is 5.33 Å². The molecule has 0 aromatic carbocycles. The molecule has 0 saturated heterocycles. The van der Waals surface area contributed by atoms with Crippen LogP contribution in [0.3, 0.4) is 0 Å². The molecule has 0 aromatic heterocycles. The number of halogens is 1. The zero-order valence-corrected chi connectivity index (χ0v) is 58.3. The van der Waals surface area contributed by atoms with E-state index >= 15 is 0 Å². The lowest BCUT2D eigenvalue weighted by Gasteiger charge is -2.45. The van der Waals surface area contributed by atoms with Crippen LogP contribution in [-0.4, -0.2) is 116 Å². The molecule has 362 valence electrons. The molecule has 0 aliphatic carbocycles. The number of rotatable bonds is 31. The summed E-state index contributed by atoms with van der Waals surface area (Å²) < 4.78 is 81.9. The largest absolute Gasteiger partial charge is 0.436 e. The Hall–Kier alpha value is 2.82. The first-order valence-electron chi connectivity index (χ1n) is 22.1. The second-order valence-electron chi connectivity index (χ2n) is 22.4. The Morgan fingerprint density at radius 3 is 0.583 bits per heavy atom. The Kier molecular flexibility index (Phi) is 24.0. The lowest BCUT2D eigenvalue weighted by Crippen LogP contribution is -2.63. The van der Waals surface area contributed by atoms with E-state index in [-0.39, 0.29) is 0 Å². The molecule has 26 heteroatoms. The standard InChI is InChI=1S/C34H95BrO12Si13/c1-28-29-33-48(2,3)36-50(6,7)38-52(10,11)40-54(14,15)42-56(18,19)44-58(22,23)46-60(26,27)47-59(24,25)45-57(20,21)43-55(16,17)41-53(12,13)39-51(8,9)37-49(4,5)34-31-30-32-35/h28-34H2,1-27H3. The monoisotopic (exact) mass is 1140 g/mol. The topological polar surface area (TPSA) is 111 Å². The molecule has 0 radical (unpaired) electrons. The fourth-order valence-corrected chi connectivity index (χ4v) is 76.3. The summed E-state index contributed by atoms with van der Waals surface area (Å²) in [5.74, 6) is 0. The minimum atomic E-state index is -2.75. The molecule has 0 aliphatic heterocycles. The van der Waals surface area contributed by atoms with Gasteiger partial charge in [-0.25, -0.2) is 0 Å². The maximum atomic E-state index is 6.88. The third-order valence-electron chi connectivity index (χ3n) is 8.25. The van der Waals surface area contributed by atoms with Crippen LogP contribution in [0.25, 0.3) is 0 Å². The fraction of sp³-hybridized carbons (Fsp3) is 1.00. The van der Waals surface area contributed by atoms with Crippen LogP contribution >= 0.6 is 15.9 Å². The van der Waals surface area contributed by atoms with E-state index in [9.17, 15) is 0 Å². The van der Waals surface area contributed by atoms with Gasteiger partial charge < -0.3 is 49.4 Å². The van der Waals surface area contributed by atoms with Crippen molar-refractivity contribution in [1.82, 2.24) is 0 Å². The van der Waals surface area contributed by atoms with E-state index in [4.69, 9.17) is 49.4 Å². The minimum absolute atomic E-state index is 1.03. The number of hydrogen-bond donors (Lipinski definition) is 0. The molecular formula is C34H95BrO12Si13. The highest BCUT2D eigenvalue weighted by atomic mass is 79.9. The van der Waals surface area contributed by atoms with Crippen molar-refractivity contribution in [2.24, 2.45) is 0 Å². The van der Waals surface area contributed by atoms with Gasteiger partial charge in [-0.3, -0.25) is 0 Å². The highest BCUT2D eigenvalue weighted by Gasteiger charge is 2.52. The predicted octanol–water partition coefficient (Wildman–Crippen LogP) is 13.3. The number of unbranched alkanes of at least 4 members (excludes halogenated alkanes) is 2. The third kappa shape index (κ3) is 29.5. The van der Waals surface area contributed by atoms with Crippen LogP contribution < -0.4 is 0 Å². The van der Waals surface area contributed by atoms with Crippen LogP contribution in [0.4, 0.5) is 0 Å². The zero-order chi connectivity index (χ0) is 47.9. The number of alkyl halides is 1. The summed E-state index contributed by atoms with van der Waals surface area (Å²) in [6.45, 7) is 57.6. The summed E-state index contributed by atoms with van der Waals surface area (Å²) in [6, 6.07) is 2.26. The third-order valence-corrected chi connectivity index (χ3v) is 59.6. The quantitative estimate of drug-likeness (QED) is 0.0374. The van der Waals surface area contributed by atoms with Crippen LogP contribution in [0.1, 0.15) is 32.6 Å². The minimum Gasteiger partial charge on any atom is -0.436 e. The maximum absolute atomic E-state index is 6.88. The average Bonchev–Trinajstić information content (AvgIpc) is 2.82. The van der Waals surface area contributed by atoms with Crippen molar-refractivity contribution in [3.8, 4) is 0 Å². The smallest absolute Gasteiger partial charge is 0.314 e. The summed E-state index contributed by atoms with van der Waals surface area (Å²) >= 11 is 3.55. The first kappa shape index (κ1) is 62.8. The molecule has 60 heavy (non-hydrogen) atoms. The molecular weight excluding hydrogens is 1050 g/mol. The van der Waals surface area contributed by atoms with Crippen molar-refractivity contribution in [2.75, 3.05) is 5.33 Å². The molecule has 0 fully saturated rings. The van der Waals surface area contributed by atoms with E-state index in [0.717, 1.165) is 23.8 Å². The molecule has 0 saturated carbocycles. The van der Waals surface area contributed by atoms with Crippen LogP contribution in [0.2, 0.25) is 182 Å². The van der Waals surface area contributed by atoms with Crippen LogP contribution in [0, 0.1) is 0 Å². The fourth-order valence-electron chi connectivity index (χ4n) is 8.83. The molecule has 0 N–H and O–H groups in total. The van der Waals surface area contributed by atoms with Gasteiger partial charge in [0.25, 0.3) is 0 Å². The molecule has 0 aromatic rings. The van der Waals surface area contributed by atoms with Gasteiger partial charge in [0.05, 0.1) is 0 Å². The summed E-state index contributed by atoms with van der Waals surface area (Å²) in [6.07, 6.45) is 4.69. The van der Waals surface area contributed by atoms with Gasteiger partial charge in [0.1, 0.15) is 0 Å². The van der Waals surface area contributed by atoms with Gasteiger partial charge >= 0.3 is 94.2 Å². The average molecular weight is 1140 g/mol. The van der Waals surface area contributed by atoms with Crippen molar-refractivity contribution in [3.63, 3.8) is 0 Å². The first-order chi connectivity index (χ1) is 26.1. The maximum Gasteiger partial charge on any atom is 0.314 e. The molecule has 0 aliphatic rings. The van der Waals surface area contributed by atoms with Gasteiger partial charge in [-0.05, 0) is 189 Å². The Morgan fingerprint density at radius 1 is 0.250 bits per heavy atom. The van der Waals surface area contributed by atoms with E-state index in [2.05, 4.69) is 193 Å². The van der Waals surface area contributed by atoms with Crippen LogP contribution in [0.5, 0.6) is 0 Å². The molecule has 0 heterocycles. The van der Waals surface area contributed by atoms with Gasteiger partial charge in [0.2, 0.25) is 0 Å². The molecule has 0 amide bonds. The van der Waals surface area contributed by atoms with Crippen molar-refractivity contribution in [2.45, 2.75) is 215 Å². The highest BCUT2D eigenvalue weighted by molar-refractivity contribution is 9.09. The van der Waals surface area contributed by atoms with Crippen molar-refractivity contribution in [3.05, 3.63) is 0 Å². The van der Waals surface area contributed by atoms with Gasteiger partial charge in [-0.2, -0.15) is 0 Å². The summed E-state index contributed by atoms with van der Waals surface area (Å²) in [5.41, 5.74) is 0. The lowest BCUT2D eigenvalue weighted by molar-refractivity contribution is 0.252. The SMILES string of the molecule is CCCC[Si](C)(C)O[Si](C)(C)O[Si](C)(C)O[Si](C)(C)O[Si](C)(C)O[Si](C)(C)O[Si](C)(C)O[Si](C)(C)O[Si](C)(C)O[Si](C)(C)O[Si](C)(C)O[Si](C)(C)O[Si](C)(C)CCCCBr. The van der Waals surface area contributed by atoms with Crippen molar-refractivity contribution in [1.29, 1.82) is 0 Å². The second kappa shape index (κ2) is 22.9. The highest BCUT2D eigenvalue weighted by Crippen LogP contribution is 2.33. The zero-order valence-electron chi connectivity index (χ0n) is 43.7. The summed E-state index contributed by atoms with van der Waals surface area (Å²) in [4.78, 5) is 0. The Labute approximate surface area is 393 Å². The summed E-state index contributed by atoms with van der Waals surface area (Å²) in [5, 5.41) is 1.03. The Bertz CT molecular complexity index is 1320. The summed E-state index contributed by atoms with van der Waals surface area (Å²) in [7, 11) is -32.8. The molecule has 0 bridgehead atoms. The molecule has 0 atom stereocenters. The van der Waals surface area contributed by atoms with Crippen molar-refractivity contribution >= 4 is 127 Å². The molecule has 0 spiro atoms. The van der Waals surface area contributed by atoms with E-state index in [1.807, 2.05) is 0 Å². The van der Waals surface area contributed by atoms with Crippen molar-refractivity contribution < 1.29 is 49.4 Å².